The topological polar surface area (TPSA) is 61.4 Å². The summed E-state index contributed by atoms with van der Waals surface area (Å²) in [5.41, 5.74) is 22.3. The number of hydrogen-bond acceptors (Lipinski definition) is 4. The maximum Gasteiger partial charge on any atom is 0.126 e. The minimum Gasteiger partial charge on any atom is -0.308 e. The maximum absolute atomic E-state index is 16.4. The second kappa shape index (κ2) is 22.0. The van der Waals surface area contributed by atoms with Crippen LogP contribution in [0.5, 0.6) is 0 Å². The number of aryl methyl sites for hydroxylation is 1. The molecule has 0 amide bonds. The summed E-state index contributed by atoms with van der Waals surface area (Å²) in [6, 6.07) is 91.8. The second-order valence-corrected chi connectivity index (χ2v) is 22.6. The Balaban J connectivity index is 0.963. The van der Waals surface area contributed by atoms with Gasteiger partial charge in [-0.2, -0.15) is 0 Å². The summed E-state index contributed by atoms with van der Waals surface area (Å²) in [6.45, 7) is 2.10. The van der Waals surface area contributed by atoms with Gasteiger partial charge in [-0.1, -0.05) is 194 Å². The predicted octanol–water partition coefficient (Wildman–Crippen LogP) is 21.1. The molecule has 0 atom stereocenters. The van der Waals surface area contributed by atoms with Gasteiger partial charge in [0.2, 0.25) is 0 Å². The lowest BCUT2D eigenvalue weighted by Gasteiger charge is -2.22. The maximum atomic E-state index is 16.4. The van der Waals surface area contributed by atoms with Crippen molar-refractivity contribution in [3.63, 3.8) is 0 Å². The molecule has 6 aromatic heterocycles. The van der Waals surface area contributed by atoms with Gasteiger partial charge in [-0.05, 0) is 113 Å². The van der Waals surface area contributed by atoms with Crippen LogP contribution >= 0.6 is 0 Å². The second-order valence-electron chi connectivity index (χ2n) is 22.6. The molecule has 0 unspecified atom stereocenters. The molecule has 0 aliphatic rings. The average molecular weight is 1150 g/mol. The SMILES string of the molecule is Cc1cc(-n2c3cc(-c4ccc(-c5ccccc5)nc4)ccc3c3ccc(-c4ccc(-c5ccccc5)nc4)cc32)c(-c2cc(F)cc(F)c2)c(-n2c3cc(-c4ccc(-c5ccccc5)nc4)ccc3c3ccc(-c4ccc(-c5ccccc5)nc4)cc32)c1. The zero-order chi connectivity index (χ0) is 59.5. The fourth-order valence-corrected chi connectivity index (χ4v) is 12.7. The smallest absolute Gasteiger partial charge is 0.126 e. The van der Waals surface area contributed by atoms with E-state index < -0.39 is 11.6 Å². The van der Waals surface area contributed by atoms with E-state index in [1.165, 1.54) is 12.1 Å². The third kappa shape index (κ3) is 9.70. The van der Waals surface area contributed by atoms with Gasteiger partial charge in [0.25, 0.3) is 0 Å². The molecule has 0 aliphatic heterocycles. The average Bonchev–Trinajstić information content (AvgIpc) is 1.73. The van der Waals surface area contributed by atoms with Gasteiger partial charge in [-0.25, -0.2) is 8.78 Å². The van der Waals surface area contributed by atoms with Crippen molar-refractivity contribution in [1.29, 1.82) is 0 Å². The van der Waals surface area contributed by atoms with Crippen LogP contribution in [0.1, 0.15) is 5.56 Å². The van der Waals surface area contributed by atoms with E-state index in [0.717, 1.165) is 156 Å². The van der Waals surface area contributed by atoms with Crippen molar-refractivity contribution in [3.8, 4) is 112 Å². The number of halogens is 2. The van der Waals surface area contributed by atoms with E-state index in [2.05, 4.69) is 198 Å². The van der Waals surface area contributed by atoms with Gasteiger partial charge in [-0.3, -0.25) is 19.9 Å². The summed E-state index contributed by atoms with van der Waals surface area (Å²) < 4.78 is 37.3. The quantitative estimate of drug-likeness (QED) is 0.129. The summed E-state index contributed by atoms with van der Waals surface area (Å²) in [6.07, 6.45) is 7.72. The molecule has 0 spiro atoms. The van der Waals surface area contributed by atoms with Crippen LogP contribution in [0.4, 0.5) is 8.78 Å². The molecule has 10 aromatic carbocycles. The van der Waals surface area contributed by atoms with Crippen LogP contribution in [0, 0.1) is 18.6 Å². The van der Waals surface area contributed by atoms with Crippen molar-refractivity contribution in [1.82, 2.24) is 29.1 Å². The van der Waals surface area contributed by atoms with Crippen LogP contribution in [0.15, 0.2) is 298 Å². The summed E-state index contributed by atoms with van der Waals surface area (Å²) in [5, 5.41) is 4.02. The Morgan fingerprint density at radius 1 is 0.247 bits per heavy atom. The number of nitrogens with zero attached hydrogens (tertiary/aromatic N) is 6. The van der Waals surface area contributed by atoms with Gasteiger partial charge in [0, 0.05) is 102 Å². The molecule has 16 rings (SSSR count). The zero-order valence-corrected chi connectivity index (χ0v) is 48.2. The highest BCUT2D eigenvalue weighted by molar-refractivity contribution is 6.14. The van der Waals surface area contributed by atoms with E-state index in [9.17, 15) is 0 Å². The summed E-state index contributed by atoms with van der Waals surface area (Å²) in [7, 11) is 0. The lowest BCUT2D eigenvalue weighted by atomic mass is 9.97. The number of hydrogen-bond donors (Lipinski definition) is 0. The third-order valence-electron chi connectivity index (χ3n) is 17.1. The fraction of sp³-hybridized carbons (Fsp3) is 0.0123. The van der Waals surface area contributed by atoms with Crippen LogP contribution in [-0.4, -0.2) is 29.1 Å². The van der Waals surface area contributed by atoms with E-state index in [-0.39, 0.29) is 0 Å². The van der Waals surface area contributed by atoms with Crippen molar-refractivity contribution in [3.05, 3.63) is 315 Å². The normalized spacial score (nSPS) is 11.5. The molecule has 420 valence electrons. The van der Waals surface area contributed by atoms with Crippen molar-refractivity contribution >= 4 is 43.6 Å². The number of aromatic nitrogens is 6. The van der Waals surface area contributed by atoms with E-state index in [1.807, 2.05) is 97.6 Å². The predicted molar refractivity (Wildman–Crippen MR) is 360 cm³/mol. The molecule has 16 aromatic rings. The van der Waals surface area contributed by atoms with Crippen LogP contribution in [0.3, 0.4) is 0 Å². The zero-order valence-electron chi connectivity index (χ0n) is 48.2. The highest BCUT2D eigenvalue weighted by Gasteiger charge is 2.25. The summed E-state index contributed by atoms with van der Waals surface area (Å²) in [5.74, 6) is -1.38. The standard InChI is InChI=1S/C81H52F2N6/c1-51-38-79(88-75-42-56(60-26-34-71(84-47-60)52-14-6-2-7-15-52)22-30-67(75)68-31-23-57(43-76(68)88)61-27-35-72(85-48-61)53-16-8-3-9-17-53)81(64-40-65(82)46-66(83)41-64)80(39-51)89-77-44-58(62-28-36-73(86-49-62)54-18-10-4-11-19-54)24-32-69(77)70-33-25-59(45-78(70)89)63-29-37-74(87-50-63)55-20-12-5-13-21-55/h2-50H,1H3. The first-order valence-corrected chi connectivity index (χ1v) is 29.7. The summed E-state index contributed by atoms with van der Waals surface area (Å²) in [4.78, 5) is 19.8. The molecule has 0 aliphatic carbocycles. The molecule has 6 nitrogen and oxygen atoms in total. The molecule has 89 heavy (non-hydrogen) atoms. The fourth-order valence-electron chi connectivity index (χ4n) is 12.7. The number of benzene rings is 10. The van der Waals surface area contributed by atoms with Gasteiger partial charge < -0.3 is 9.13 Å². The Bertz CT molecular complexity index is 4730. The molecule has 0 radical (unpaired) electrons. The van der Waals surface area contributed by atoms with E-state index in [0.29, 0.717) is 11.1 Å². The monoisotopic (exact) mass is 1150 g/mol. The number of fused-ring (bicyclic) bond motifs is 6. The molecular formula is C81H52F2N6. The molecule has 8 heteroatoms. The van der Waals surface area contributed by atoms with Crippen LogP contribution < -0.4 is 0 Å². The highest BCUT2D eigenvalue weighted by atomic mass is 19.1. The number of rotatable bonds is 11. The minimum atomic E-state index is -0.688. The Hall–Kier alpha value is -11.7. The van der Waals surface area contributed by atoms with Crippen molar-refractivity contribution in [2.75, 3.05) is 0 Å². The molecule has 0 saturated carbocycles. The number of pyridine rings is 4. The lowest BCUT2D eigenvalue weighted by molar-refractivity contribution is 0.584. The highest BCUT2D eigenvalue weighted by Crippen LogP contribution is 2.46. The van der Waals surface area contributed by atoms with Crippen LogP contribution in [0.25, 0.3) is 156 Å². The molecule has 0 bridgehead atoms. The van der Waals surface area contributed by atoms with Crippen molar-refractivity contribution in [2.45, 2.75) is 6.92 Å². The largest absolute Gasteiger partial charge is 0.308 e. The Kier molecular flexibility index (Phi) is 13.0. The first-order chi connectivity index (χ1) is 43.8. The Morgan fingerprint density at radius 2 is 0.517 bits per heavy atom. The van der Waals surface area contributed by atoms with Crippen molar-refractivity contribution < 1.29 is 8.78 Å². The van der Waals surface area contributed by atoms with E-state index >= 15 is 8.78 Å². The van der Waals surface area contributed by atoms with E-state index in [1.54, 1.807) is 0 Å². The van der Waals surface area contributed by atoms with Crippen LogP contribution in [-0.2, 0) is 0 Å². The molecule has 6 heterocycles. The van der Waals surface area contributed by atoms with Gasteiger partial charge in [0.15, 0.2) is 0 Å². The van der Waals surface area contributed by atoms with Gasteiger partial charge in [0.1, 0.15) is 11.6 Å². The van der Waals surface area contributed by atoms with Crippen molar-refractivity contribution in [2.24, 2.45) is 0 Å². The first kappa shape index (κ1) is 52.8. The molecular weight excluding hydrogens is 1090 g/mol. The van der Waals surface area contributed by atoms with Gasteiger partial charge in [-0.15, -0.1) is 0 Å². The van der Waals surface area contributed by atoms with Crippen LogP contribution in [0.2, 0.25) is 0 Å². The summed E-state index contributed by atoms with van der Waals surface area (Å²) >= 11 is 0. The lowest BCUT2D eigenvalue weighted by Crippen LogP contribution is -2.05. The molecule has 0 saturated heterocycles. The Morgan fingerprint density at radius 3 is 0.775 bits per heavy atom. The first-order valence-electron chi connectivity index (χ1n) is 29.7. The molecule has 0 N–H and O–H groups in total. The van der Waals surface area contributed by atoms with E-state index in [4.69, 9.17) is 19.9 Å². The molecule has 0 fully saturated rings. The van der Waals surface area contributed by atoms with Gasteiger partial charge >= 0.3 is 0 Å². The third-order valence-corrected chi connectivity index (χ3v) is 17.1. The minimum absolute atomic E-state index is 0.375. The Labute approximate surface area is 512 Å². The van der Waals surface area contributed by atoms with Gasteiger partial charge in [0.05, 0.1) is 56.2 Å².